The molecule has 4 heteroatoms. The Balaban J connectivity index is 1.83. The van der Waals surface area contributed by atoms with Gasteiger partial charge in [0.2, 0.25) is 0 Å². The highest BCUT2D eigenvalue weighted by Crippen LogP contribution is 2.12. The van der Waals surface area contributed by atoms with E-state index in [1.807, 2.05) is 42.5 Å². The Bertz CT molecular complexity index is 666. The van der Waals surface area contributed by atoms with Gasteiger partial charge in [-0.05, 0) is 36.2 Å². The molecule has 0 unspecified atom stereocenters. The van der Waals surface area contributed by atoms with Gasteiger partial charge < -0.3 is 10.1 Å². The lowest BCUT2D eigenvalue weighted by Crippen LogP contribution is -2.06. The van der Waals surface area contributed by atoms with E-state index in [-0.39, 0.29) is 6.61 Å². The number of ether oxygens (including phenoxy) is 1. The van der Waals surface area contributed by atoms with Gasteiger partial charge in [0, 0.05) is 6.54 Å². The third-order valence-corrected chi connectivity index (χ3v) is 2.83. The highest BCUT2D eigenvalue weighted by Gasteiger charge is 1.98. The molecule has 1 heterocycles. The van der Waals surface area contributed by atoms with Crippen LogP contribution < -0.4 is 10.1 Å². The smallest absolute Gasteiger partial charge is 0.148 e. The number of pyridine rings is 1. The largest absolute Gasteiger partial charge is 0.481 e. The van der Waals surface area contributed by atoms with Crippen LogP contribution in [0, 0.1) is 23.7 Å². The summed E-state index contributed by atoms with van der Waals surface area (Å²) in [6.45, 7) is 1.02. The van der Waals surface area contributed by atoms with E-state index in [2.05, 4.69) is 16.2 Å². The SMILES string of the molecule is C#CCOc1ccc(CCNc2cccc(C#N)n2)cc1. The topological polar surface area (TPSA) is 57.9 Å². The molecule has 0 radical (unpaired) electrons. The third-order valence-electron chi connectivity index (χ3n) is 2.83. The molecular formula is C17H15N3O. The van der Waals surface area contributed by atoms with Crippen LogP contribution in [0.15, 0.2) is 42.5 Å². The summed E-state index contributed by atoms with van der Waals surface area (Å²) in [5.74, 6) is 3.91. The second-order valence-corrected chi connectivity index (χ2v) is 4.33. The van der Waals surface area contributed by atoms with Crippen molar-refractivity contribution in [3.05, 3.63) is 53.7 Å². The van der Waals surface area contributed by atoms with Crippen molar-refractivity contribution in [3.63, 3.8) is 0 Å². The van der Waals surface area contributed by atoms with Gasteiger partial charge in [0.05, 0.1) is 0 Å². The van der Waals surface area contributed by atoms with Gasteiger partial charge in [-0.1, -0.05) is 24.1 Å². The normalized spacial score (nSPS) is 9.43. The van der Waals surface area contributed by atoms with Crippen LogP contribution in [0.5, 0.6) is 5.75 Å². The molecule has 4 nitrogen and oxygen atoms in total. The number of nitrogens with zero attached hydrogens (tertiary/aromatic N) is 2. The van der Waals surface area contributed by atoms with Crippen molar-refractivity contribution in [1.82, 2.24) is 4.98 Å². The summed E-state index contributed by atoms with van der Waals surface area (Å²) >= 11 is 0. The number of hydrogen-bond donors (Lipinski definition) is 1. The quantitative estimate of drug-likeness (QED) is 0.825. The van der Waals surface area contributed by atoms with Crippen LogP contribution in [-0.2, 0) is 6.42 Å². The lowest BCUT2D eigenvalue weighted by molar-refractivity contribution is 0.370. The molecule has 0 spiro atoms. The number of rotatable bonds is 6. The summed E-state index contributed by atoms with van der Waals surface area (Å²) in [6.07, 6.45) is 5.99. The van der Waals surface area contributed by atoms with Crippen LogP contribution in [0.3, 0.4) is 0 Å². The van der Waals surface area contributed by atoms with Gasteiger partial charge in [-0.25, -0.2) is 4.98 Å². The fourth-order valence-corrected chi connectivity index (χ4v) is 1.81. The van der Waals surface area contributed by atoms with Crippen LogP contribution in [0.1, 0.15) is 11.3 Å². The minimum atomic E-state index is 0.280. The summed E-state index contributed by atoms with van der Waals surface area (Å²) in [6, 6.07) is 15.2. The second kappa shape index (κ2) is 7.57. The van der Waals surface area contributed by atoms with Gasteiger partial charge in [0.25, 0.3) is 0 Å². The predicted molar refractivity (Wildman–Crippen MR) is 81.9 cm³/mol. The van der Waals surface area contributed by atoms with Gasteiger partial charge in [-0.15, -0.1) is 6.42 Å². The van der Waals surface area contributed by atoms with Crippen LogP contribution >= 0.6 is 0 Å². The van der Waals surface area contributed by atoms with Crippen LogP contribution in [-0.4, -0.2) is 18.1 Å². The summed E-state index contributed by atoms with van der Waals surface area (Å²) in [5, 5.41) is 12.0. The third kappa shape index (κ3) is 4.56. The molecule has 2 rings (SSSR count). The number of aromatic nitrogens is 1. The number of hydrogen-bond acceptors (Lipinski definition) is 4. The van der Waals surface area contributed by atoms with Gasteiger partial charge in [-0.2, -0.15) is 5.26 Å². The van der Waals surface area contributed by atoms with Crippen LogP contribution in [0.4, 0.5) is 5.82 Å². The highest BCUT2D eigenvalue weighted by atomic mass is 16.5. The van der Waals surface area contributed by atoms with E-state index in [0.29, 0.717) is 11.5 Å². The molecule has 1 N–H and O–H groups in total. The minimum absolute atomic E-state index is 0.280. The Kier molecular flexibility index (Phi) is 5.20. The first-order valence-corrected chi connectivity index (χ1v) is 6.58. The summed E-state index contributed by atoms with van der Waals surface area (Å²) in [4.78, 5) is 4.16. The zero-order chi connectivity index (χ0) is 14.9. The van der Waals surface area contributed by atoms with E-state index in [1.165, 1.54) is 5.56 Å². The van der Waals surface area contributed by atoms with Crippen molar-refractivity contribution in [2.45, 2.75) is 6.42 Å². The van der Waals surface area contributed by atoms with E-state index in [0.717, 1.165) is 18.7 Å². The predicted octanol–water partition coefficient (Wildman–Crippen LogP) is 2.62. The van der Waals surface area contributed by atoms with Gasteiger partial charge in [-0.3, -0.25) is 0 Å². The van der Waals surface area contributed by atoms with E-state index < -0.39 is 0 Å². The molecule has 21 heavy (non-hydrogen) atoms. The number of anilines is 1. The van der Waals surface area contributed by atoms with Crippen molar-refractivity contribution in [3.8, 4) is 24.2 Å². The molecule has 1 aromatic heterocycles. The Morgan fingerprint density at radius 1 is 1.19 bits per heavy atom. The molecule has 0 aliphatic carbocycles. The second-order valence-electron chi connectivity index (χ2n) is 4.33. The standard InChI is InChI=1S/C17H15N3O/c1-2-12-21-16-8-6-14(7-9-16)10-11-19-17-5-3-4-15(13-18)20-17/h1,3-9H,10-12H2,(H,19,20). The first-order valence-electron chi connectivity index (χ1n) is 6.58. The molecule has 0 amide bonds. The maximum absolute atomic E-state index is 8.79. The van der Waals surface area contributed by atoms with Crippen LogP contribution in [0.25, 0.3) is 0 Å². The van der Waals surface area contributed by atoms with E-state index in [1.54, 1.807) is 6.07 Å². The van der Waals surface area contributed by atoms with Crippen LogP contribution in [0.2, 0.25) is 0 Å². The first-order chi connectivity index (χ1) is 10.3. The summed E-state index contributed by atoms with van der Waals surface area (Å²) < 4.78 is 5.32. The van der Waals surface area contributed by atoms with Gasteiger partial charge in [0.1, 0.15) is 29.9 Å². The molecule has 0 atom stereocenters. The van der Waals surface area contributed by atoms with E-state index >= 15 is 0 Å². The van der Waals surface area contributed by atoms with Gasteiger partial charge in [0.15, 0.2) is 0 Å². The number of nitrogens with one attached hydrogen (secondary N) is 1. The van der Waals surface area contributed by atoms with E-state index in [9.17, 15) is 0 Å². The lowest BCUT2D eigenvalue weighted by atomic mass is 10.1. The van der Waals surface area contributed by atoms with Crippen molar-refractivity contribution >= 4 is 5.82 Å². The molecule has 0 saturated heterocycles. The molecule has 2 aromatic rings. The van der Waals surface area contributed by atoms with Crippen molar-refractivity contribution < 1.29 is 4.74 Å². The van der Waals surface area contributed by atoms with Gasteiger partial charge >= 0.3 is 0 Å². The monoisotopic (exact) mass is 277 g/mol. The number of nitriles is 1. The summed E-state index contributed by atoms with van der Waals surface area (Å²) in [5.41, 5.74) is 1.60. The lowest BCUT2D eigenvalue weighted by Gasteiger charge is -2.07. The molecule has 0 bridgehead atoms. The Hall–Kier alpha value is -2.98. The van der Waals surface area contributed by atoms with Crippen molar-refractivity contribution in [2.24, 2.45) is 0 Å². The van der Waals surface area contributed by atoms with Crippen molar-refractivity contribution in [1.29, 1.82) is 5.26 Å². The Morgan fingerprint density at radius 2 is 2.00 bits per heavy atom. The Morgan fingerprint density at radius 3 is 2.71 bits per heavy atom. The average molecular weight is 277 g/mol. The van der Waals surface area contributed by atoms with E-state index in [4.69, 9.17) is 16.4 Å². The molecule has 0 saturated carbocycles. The molecule has 0 aliphatic heterocycles. The first kappa shape index (κ1) is 14.4. The summed E-state index contributed by atoms with van der Waals surface area (Å²) in [7, 11) is 0. The average Bonchev–Trinajstić information content (AvgIpc) is 2.54. The zero-order valence-electron chi connectivity index (χ0n) is 11.5. The number of terminal acetylenes is 1. The molecule has 104 valence electrons. The zero-order valence-corrected chi connectivity index (χ0v) is 11.5. The fourth-order valence-electron chi connectivity index (χ4n) is 1.81. The molecule has 1 aromatic carbocycles. The van der Waals surface area contributed by atoms with Crippen molar-refractivity contribution in [2.75, 3.05) is 18.5 Å². The molecular weight excluding hydrogens is 262 g/mol. The maximum atomic E-state index is 8.79. The molecule has 0 fully saturated rings. The fraction of sp³-hybridized carbons (Fsp3) is 0.176. The maximum Gasteiger partial charge on any atom is 0.148 e. The minimum Gasteiger partial charge on any atom is -0.481 e. The Labute approximate surface area is 124 Å². The molecule has 0 aliphatic rings. The highest BCUT2D eigenvalue weighted by molar-refractivity contribution is 5.38. The number of benzene rings is 1.